The fourth-order valence-corrected chi connectivity index (χ4v) is 3.99. The summed E-state index contributed by atoms with van der Waals surface area (Å²) in [6.07, 6.45) is -0.435. The molecule has 2 aromatic rings. The quantitative estimate of drug-likeness (QED) is 0.653. The van der Waals surface area contributed by atoms with Crippen LogP contribution in [-0.2, 0) is 17.8 Å². The van der Waals surface area contributed by atoms with Crippen LogP contribution in [0.25, 0.3) is 0 Å². The molecule has 1 aromatic carbocycles. The molecule has 0 atom stereocenters. The minimum atomic E-state index is -0.600. The van der Waals surface area contributed by atoms with Crippen molar-refractivity contribution in [2.75, 3.05) is 45.2 Å². The van der Waals surface area contributed by atoms with Gasteiger partial charge in [-0.3, -0.25) is 9.69 Å². The van der Waals surface area contributed by atoms with Gasteiger partial charge in [0.05, 0.1) is 31.5 Å². The maximum absolute atomic E-state index is 13.3. The van der Waals surface area contributed by atoms with Gasteiger partial charge in [-0.05, 0) is 40.0 Å². The molecule has 0 N–H and O–H groups in total. The normalized spacial score (nSPS) is 16.5. The SMILES string of the molecule is COc1nc(C(=O)c2cccc(N3CCN(C)CC3)c2)nc2c1CN(C(=O)OC(C)(C)C)C2. The molecule has 9 heteroatoms. The van der Waals surface area contributed by atoms with Gasteiger partial charge >= 0.3 is 6.09 Å². The van der Waals surface area contributed by atoms with Crippen molar-refractivity contribution in [2.24, 2.45) is 0 Å². The Balaban J connectivity index is 1.56. The van der Waals surface area contributed by atoms with E-state index in [1.54, 1.807) is 6.07 Å². The first kappa shape index (κ1) is 23.0. The first-order chi connectivity index (χ1) is 15.6. The highest BCUT2D eigenvalue weighted by molar-refractivity contribution is 6.07. The van der Waals surface area contributed by atoms with Crippen molar-refractivity contribution in [3.63, 3.8) is 0 Å². The molecule has 1 saturated heterocycles. The second-order valence-electron chi connectivity index (χ2n) is 9.49. The Hall–Kier alpha value is -3.20. The van der Waals surface area contributed by atoms with Crippen LogP contribution in [0.4, 0.5) is 10.5 Å². The van der Waals surface area contributed by atoms with Crippen molar-refractivity contribution in [3.8, 4) is 5.88 Å². The van der Waals surface area contributed by atoms with E-state index in [2.05, 4.69) is 26.8 Å². The summed E-state index contributed by atoms with van der Waals surface area (Å²) in [7, 11) is 3.61. The number of methoxy groups -OCH3 is 1. The summed E-state index contributed by atoms with van der Waals surface area (Å²) in [6, 6.07) is 7.57. The third-order valence-corrected chi connectivity index (χ3v) is 5.77. The summed E-state index contributed by atoms with van der Waals surface area (Å²) in [4.78, 5) is 40.8. The summed E-state index contributed by atoms with van der Waals surface area (Å²) in [5.41, 5.74) is 2.24. The van der Waals surface area contributed by atoms with Crippen LogP contribution in [0.5, 0.6) is 5.88 Å². The molecule has 2 aliphatic rings. The van der Waals surface area contributed by atoms with Crippen LogP contribution in [0.15, 0.2) is 24.3 Å². The maximum atomic E-state index is 13.3. The zero-order valence-electron chi connectivity index (χ0n) is 19.9. The second kappa shape index (κ2) is 8.97. The van der Waals surface area contributed by atoms with Crippen molar-refractivity contribution in [3.05, 3.63) is 46.9 Å². The van der Waals surface area contributed by atoms with Crippen LogP contribution < -0.4 is 9.64 Å². The van der Waals surface area contributed by atoms with E-state index in [9.17, 15) is 9.59 Å². The number of fused-ring (bicyclic) bond motifs is 1. The van der Waals surface area contributed by atoms with E-state index >= 15 is 0 Å². The van der Waals surface area contributed by atoms with E-state index in [0.29, 0.717) is 22.7 Å². The minimum absolute atomic E-state index is 0.0622. The van der Waals surface area contributed by atoms with Gasteiger partial charge in [-0.2, -0.15) is 4.98 Å². The van der Waals surface area contributed by atoms with Gasteiger partial charge in [0.2, 0.25) is 17.5 Å². The highest BCUT2D eigenvalue weighted by Gasteiger charge is 2.33. The van der Waals surface area contributed by atoms with Gasteiger partial charge in [0, 0.05) is 37.4 Å². The monoisotopic (exact) mass is 453 g/mol. The molecule has 9 nitrogen and oxygen atoms in total. The number of ether oxygens (including phenoxy) is 2. The van der Waals surface area contributed by atoms with E-state index in [1.165, 1.54) is 12.0 Å². The molecule has 1 aromatic heterocycles. The lowest BCUT2D eigenvalue weighted by Gasteiger charge is -2.34. The van der Waals surface area contributed by atoms with Gasteiger partial charge in [-0.15, -0.1) is 0 Å². The van der Waals surface area contributed by atoms with E-state index in [4.69, 9.17) is 9.47 Å². The molecule has 4 rings (SSSR count). The molecular formula is C24H31N5O4. The highest BCUT2D eigenvalue weighted by Crippen LogP contribution is 2.30. The number of aromatic nitrogens is 2. The number of hydrogen-bond donors (Lipinski definition) is 0. The van der Waals surface area contributed by atoms with Crippen molar-refractivity contribution in [1.29, 1.82) is 0 Å². The molecule has 0 saturated carbocycles. The summed E-state index contributed by atoms with van der Waals surface area (Å²) in [6.45, 7) is 9.78. The van der Waals surface area contributed by atoms with Gasteiger partial charge in [0.1, 0.15) is 5.60 Å². The van der Waals surface area contributed by atoms with Crippen LogP contribution >= 0.6 is 0 Å². The Morgan fingerprint density at radius 1 is 1.03 bits per heavy atom. The van der Waals surface area contributed by atoms with E-state index in [1.807, 2.05) is 39.0 Å². The zero-order valence-corrected chi connectivity index (χ0v) is 19.9. The number of nitrogens with zero attached hydrogens (tertiary/aromatic N) is 5. The first-order valence-electron chi connectivity index (χ1n) is 11.1. The number of piperazine rings is 1. The number of benzene rings is 1. The topological polar surface area (TPSA) is 88.1 Å². The molecule has 3 heterocycles. The van der Waals surface area contributed by atoms with Crippen molar-refractivity contribution in [2.45, 2.75) is 39.5 Å². The molecule has 33 heavy (non-hydrogen) atoms. The Labute approximate surface area is 194 Å². The van der Waals surface area contributed by atoms with Crippen LogP contribution in [0.3, 0.4) is 0 Å². The molecule has 0 aliphatic carbocycles. The Bertz CT molecular complexity index is 1060. The predicted octanol–water partition coefficient (Wildman–Crippen LogP) is 2.72. The van der Waals surface area contributed by atoms with Crippen LogP contribution in [0.2, 0.25) is 0 Å². The number of carbonyl (C=O) groups excluding carboxylic acids is 2. The lowest BCUT2D eigenvalue weighted by atomic mass is 10.1. The lowest BCUT2D eigenvalue weighted by Crippen LogP contribution is -2.44. The molecule has 1 fully saturated rings. The summed E-state index contributed by atoms with van der Waals surface area (Å²) in [5, 5.41) is 0. The second-order valence-corrected chi connectivity index (χ2v) is 9.49. The molecule has 2 aliphatic heterocycles. The lowest BCUT2D eigenvalue weighted by molar-refractivity contribution is 0.0240. The number of carbonyl (C=O) groups is 2. The van der Waals surface area contributed by atoms with E-state index in [-0.39, 0.29) is 24.7 Å². The van der Waals surface area contributed by atoms with Crippen LogP contribution in [-0.4, -0.2) is 77.6 Å². The van der Waals surface area contributed by atoms with E-state index in [0.717, 1.165) is 31.9 Å². The first-order valence-corrected chi connectivity index (χ1v) is 11.1. The van der Waals surface area contributed by atoms with Crippen LogP contribution in [0.1, 0.15) is 48.2 Å². The molecule has 1 amide bonds. The smallest absolute Gasteiger partial charge is 0.410 e. The maximum Gasteiger partial charge on any atom is 0.410 e. The number of ketones is 1. The number of amides is 1. The van der Waals surface area contributed by atoms with Crippen molar-refractivity contribution >= 4 is 17.6 Å². The van der Waals surface area contributed by atoms with Gasteiger partial charge in [0.25, 0.3) is 0 Å². The summed E-state index contributed by atoms with van der Waals surface area (Å²) >= 11 is 0. The van der Waals surface area contributed by atoms with E-state index < -0.39 is 11.7 Å². The number of rotatable bonds is 4. The number of anilines is 1. The number of hydrogen-bond acceptors (Lipinski definition) is 8. The molecule has 176 valence electrons. The van der Waals surface area contributed by atoms with Crippen LogP contribution in [0, 0.1) is 0 Å². The van der Waals surface area contributed by atoms with Gasteiger partial charge in [-0.1, -0.05) is 12.1 Å². The summed E-state index contributed by atoms with van der Waals surface area (Å²) in [5.74, 6) is 0.0968. The van der Waals surface area contributed by atoms with Crippen molar-refractivity contribution in [1.82, 2.24) is 19.8 Å². The van der Waals surface area contributed by atoms with Gasteiger partial charge in [-0.25, -0.2) is 9.78 Å². The third kappa shape index (κ3) is 5.08. The highest BCUT2D eigenvalue weighted by atomic mass is 16.6. The predicted molar refractivity (Wildman–Crippen MR) is 124 cm³/mol. The number of likely N-dealkylation sites (N-methyl/N-ethyl adjacent to an activating group) is 1. The summed E-state index contributed by atoms with van der Waals surface area (Å²) < 4.78 is 10.9. The fourth-order valence-electron chi connectivity index (χ4n) is 3.99. The Morgan fingerprint density at radius 2 is 1.76 bits per heavy atom. The average molecular weight is 454 g/mol. The zero-order chi connectivity index (χ0) is 23.8. The molecule has 0 unspecified atom stereocenters. The van der Waals surface area contributed by atoms with Crippen molar-refractivity contribution < 1.29 is 19.1 Å². The van der Waals surface area contributed by atoms with Gasteiger partial charge < -0.3 is 19.3 Å². The Morgan fingerprint density at radius 3 is 2.42 bits per heavy atom. The molecular weight excluding hydrogens is 422 g/mol. The standard InChI is InChI=1S/C24H31N5O4/c1-24(2,3)33-23(31)29-14-18-19(15-29)25-21(26-22(18)32-5)20(30)16-7-6-8-17(13-16)28-11-9-27(4)10-12-28/h6-8,13H,9-12,14-15H2,1-5H3. The third-order valence-electron chi connectivity index (χ3n) is 5.77. The molecule has 0 spiro atoms. The molecule has 0 bridgehead atoms. The fraction of sp³-hybridized carbons (Fsp3) is 0.500. The largest absolute Gasteiger partial charge is 0.481 e. The molecule has 0 radical (unpaired) electrons. The Kier molecular flexibility index (Phi) is 6.25. The minimum Gasteiger partial charge on any atom is -0.481 e. The van der Waals surface area contributed by atoms with Gasteiger partial charge in [0.15, 0.2) is 0 Å². The average Bonchev–Trinajstić information content (AvgIpc) is 3.22.